The number of nitrogens with zero attached hydrogens (tertiary/aromatic N) is 1. The van der Waals surface area contributed by atoms with E-state index in [2.05, 4.69) is 17.1 Å². The standard InChI is InChI=1S/C17H32N2O/c1-2-14-7-10-19(12-14)11-8-15-4-3-9-17(15,13-20)18-16-5-6-16/h14-16,18,20H,2-13H2,1H3. The van der Waals surface area contributed by atoms with Gasteiger partial charge < -0.3 is 15.3 Å². The Morgan fingerprint density at radius 2 is 2.10 bits per heavy atom. The third-order valence-electron chi connectivity index (χ3n) is 6.05. The van der Waals surface area contributed by atoms with E-state index in [4.69, 9.17) is 0 Å². The van der Waals surface area contributed by atoms with Crippen molar-refractivity contribution in [2.45, 2.75) is 69.9 Å². The van der Waals surface area contributed by atoms with Crippen molar-refractivity contribution in [1.29, 1.82) is 0 Å². The molecule has 2 aliphatic carbocycles. The smallest absolute Gasteiger partial charge is 0.0616 e. The average molecular weight is 280 g/mol. The quantitative estimate of drug-likeness (QED) is 0.751. The van der Waals surface area contributed by atoms with Crippen molar-refractivity contribution in [1.82, 2.24) is 10.2 Å². The first-order valence-corrected chi connectivity index (χ1v) is 8.86. The highest BCUT2D eigenvalue weighted by Crippen LogP contribution is 2.40. The number of hydrogen-bond donors (Lipinski definition) is 2. The number of aliphatic hydroxyl groups excluding tert-OH is 1. The molecule has 116 valence electrons. The molecule has 2 N–H and O–H groups in total. The SMILES string of the molecule is CCC1CCN(CCC2CCCC2(CO)NC2CC2)C1. The van der Waals surface area contributed by atoms with Crippen LogP contribution in [0.2, 0.25) is 0 Å². The summed E-state index contributed by atoms with van der Waals surface area (Å²) in [5.41, 5.74) is 0.0606. The number of aliphatic hydroxyl groups is 1. The Morgan fingerprint density at radius 1 is 1.25 bits per heavy atom. The topological polar surface area (TPSA) is 35.5 Å². The van der Waals surface area contributed by atoms with Gasteiger partial charge >= 0.3 is 0 Å². The minimum absolute atomic E-state index is 0.0606. The summed E-state index contributed by atoms with van der Waals surface area (Å²) < 4.78 is 0. The third-order valence-corrected chi connectivity index (χ3v) is 6.05. The van der Waals surface area contributed by atoms with Gasteiger partial charge in [-0.05, 0) is 63.5 Å². The molecule has 1 aliphatic heterocycles. The van der Waals surface area contributed by atoms with E-state index in [1.165, 1.54) is 71.0 Å². The molecule has 0 aromatic carbocycles. The van der Waals surface area contributed by atoms with E-state index in [0.29, 0.717) is 18.6 Å². The molecule has 0 spiro atoms. The van der Waals surface area contributed by atoms with Gasteiger partial charge in [0.15, 0.2) is 0 Å². The highest BCUT2D eigenvalue weighted by atomic mass is 16.3. The summed E-state index contributed by atoms with van der Waals surface area (Å²) in [6, 6.07) is 0.707. The van der Waals surface area contributed by atoms with Crippen LogP contribution >= 0.6 is 0 Å². The first-order chi connectivity index (χ1) is 9.75. The normalized spacial score (nSPS) is 38.7. The number of hydrogen-bond acceptors (Lipinski definition) is 3. The molecule has 1 saturated heterocycles. The van der Waals surface area contributed by atoms with Crippen LogP contribution in [0.5, 0.6) is 0 Å². The fourth-order valence-electron chi connectivity index (χ4n) is 4.43. The van der Waals surface area contributed by atoms with Gasteiger partial charge in [0.05, 0.1) is 6.61 Å². The third kappa shape index (κ3) is 3.20. The molecule has 0 aromatic rings. The lowest BCUT2D eigenvalue weighted by molar-refractivity contribution is 0.111. The van der Waals surface area contributed by atoms with Gasteiger partial charge in [0.1, 0.15) is 0 Å². The van der Waals surface area contributed by atoms with E-state index >= 15 is 0 Å². The minimum Gasteiger partial charge on any atom is -0.394 e. The van der Waals surface area contributed by atoms with Crippen molar-refractivity contribution in [2.24, 2.45) is 11.8 Å². The first kappa shape index (κ1) is 14.8. The zero-order valence-electron chi connectivity index (χ0n) is 13.1. The lowest BCUT2D eigenvalue weighted by atomic mass is 9.85. The molecule has 1 heterocycles. The summed E-state index contributed by atoms with van der Waals surface area (Å²) in [6.07, 6.45) is 10.4. The Balaban J connectivity index is 1.50. The summed E-state index contributed by atoms with van der Waals surface area (Å²) in [5.74, 6) is 1.62. The second-order valence-corrected chi connectivity index (χ2v) is 7.47. The van der Waals surface area contributed by atoms with Gasteiger partial charge in [-0.3, -0.25) is 0 Å². The van der Waals surface area contributed by atoms with Gasteiger partial charge in [0.2, 0.25) is 0 Å². The van der Waals surface area contributed by atoms with Crippen LogP contribution in [-0.2, 0) is 0 Å². The maximum absolute atomic E-state index is 9.96. The predicted molar refractivity (Wildman–Crippen MR) is 82.8 cm³/mol. The van der Waals surface area contributed by atoms with Crippen LogP contribution in [0.15, 0.2) is 0 Å². The summed E-state index contributed by atoms with van der Waals surface area (Å²) in [6.45, 7) is 6.52. The van der Waals surface area contributed by atoms with E-state index in [9.17, 15) is 5.11 Å². The molecule has 2 saturated carbocycles. The number of likely N-dealkylation sites (tertiary alicyclic amines) is 1. The fourth-order valence-corrected chi connectivity index (χ4v) is 4.43. The molecule has 0 bridgehead atoms. The molecular weight excluding hydrogens is 248 g/mol. The van der Waals surface area contributed by atoms with E-state index in [0.717, 1.165) is 5.92 Å². The van der Waals surface area contributed by atoms with E-state index < -0.39 is 0 Å². The zero-order chi connectivity index (χ0) is 14.0. The van der Waals surface area contributed by atoms with Crippen molar-refractivity contribution in [2.75, 3.05) is 26.2 Å². The zero-order valence-corrected chi connectivity index (χ0v) is 13.1. The molecule has 20 heavy (non-hydrogen) atoms. The largest absolute Gasteiger partial charge is 0.394 e. The maximum Gasteiger partial charge on any atom is 0.0616 e. The second kappa shape index (κ2) is 6.33. The Bertz CT molecular complexity index is 318. The van der Waals surface area contributed by atoms with Crippen LogP contribution in [0.4, 0.5) is 0 Å². The fraction of sp³-hybridized carbons (Fsp3) is 1.00. The van der Waals surface area contributed by atoms with Crippen LogP contribution in [0, 0.1) is 11.8 Å². The highest BCUT2D eigenvalue weighted by molar-refractivity contribution is 5.03. The molecule has 3 nitrogen and oxygen atoms in total. The summed E-state index contributed by atoms with van der Waals surface area (Å²) >= 11 is 0. The summed E-state index contributed by atoms with van der Waals surface area (Å²) in [5, 5.41) is 13.8. The average Bonchev–Trinajstić information content (AvgIpc) is 3.02. The number of nitrogens with one attached hydrogen (secondary N) is 1. The molecular formula is C17H32N2O. The Labute approximate surface area is 124 Å². The molecule has 3 atom stereocenters. The van der Waals surface area contributed by atoms with Crippen molar-refractivity contribution in [3.63, 3.8) is 0 Å². The molecule has 0 amide bonds. The van der Waals surface area contributed by atoms with E-state index in [1.54, 1.807) is 0 Å². The van der Waals surface area contributed by atoms with Crippen molar-refractivity contribution < 1.29 is 5.11 Å². The highest BCUT2D eigenvalue weighted by Gasteiger charge is 2.45. The minimum atomic E-state index is 0.0606. The molecule has 0 aromatic heterocycles. The lowest BCUT2D eigenvalue weighted by Gasteiger charge is -2.36. The van der Waals surface area contributed by atoms with Gasteiger partial charge in [-0.1, -0.05) is 19.8 Å². The van der Waals surface area contributed by atoms with Crippen LogP contribution in [-0.4, -0.2) is 47.8 Å². The summed E-state index contributed by atoms with van der Waals surface area (Å²) in [7, 11) is 0. The van der Waals surface area contributed by atoms with Gasteiger partial charge in [0.25, 0.3) is 0 Å². The first-order valence-electron chi connectivity index (χ1n) is 8.86. The molecule has 3 heteroatoms. The van der Waals surface area contributed by atoms with Gasteiger partial charge in [-0.2, -0.15) is 0 Å². The van der Waals surface area contributed by atoms with E-state index in [1.807, 2.05) is 0 Å². The Morgan fingerprint density at radius 3 is 2.75 bits per heavy atom. The molecule has 0 radical (unpaired) electrons. The monoisotopic (exact) mass is 280 g/mol. The second-order valence-electron chi connectivity index (χ2n) is 7.47. The van der Waals surface area contributed by atoms with Crippen LogP contribution in [0.3, 0.4) is 0 Å². The van der Waals surface area contributed by atoms with Gasteiger partial charge in [-0.25, -0.2) is 0 Å². The van der Waals surface area contributed by atoms with Gasteiger partial charge in [-0.15, -0.1) is 0 Å². The lowest BCUT2D eigenvalue weighted by Crippen LogP contribution is -2.53. The Kier molecular flexibility index (Phi) is 4.68. The number of rotatable bonds is 7. The molecule has 3 unspecified atom stereocenters. The maximum atomic E-state index is 9.96. The van der Waals surface area contributed by atoms with Crippen molar-refractivity contribution in [3.05, 3.63) is 0 Å². The van der Waals surface area contributed by atoms with Crippen LogP contribution in [0.1, 0.15) is 58.3 Å². The van der Waals surface area contributed by atoms with Gasteiger partial charge in [0, 0.05) is 18.1 Å². The van der Waals surface area contributed by atoms with Crippen molar-refractivity contribution >= 4 is 0 Å². The van der Waals surface area contributed by atoms with Crippen LogP contribution < -0.4 is 5.32 Å². The predicted octanol–water partition coefficient (Wildman–Crippen LogP) is 2.39. The van der Waals surface area contributed by atoms with Crippen LogP contribution in [0.25, 0.3) is 0 Å². The summed E-state index contributed by atoms with van der Waals surface area (Å²) in [4.78, 5) is 2.66. The van der Waals surface area contributed by atoms with Crippen molar-refractivity contribution in [3.8, 4) is 0 Å². The molecule has 3 fully saturated rings. The Hall–Kier alpha value is -0.120. The van der Waals surface area contributed by atoms with E-state index in [-0.39, 0.29) is 5.54 Å². The molecule has 3 rings (SSSR count). The molecule has 3 aliphatic rings.